The van der Waals surface area contributed by atoms with E-state index in [2.05, 4.69) is 25.1 Å². The molecular weight excluding hydrogens is 472 g/mol. The number of benzene rings is 1. The number of rotatable bonds is 8. The van der Waals surface area contributed by atoms with Crippen LogP contribution in [0.4, 0.5) is 23.1 Å². The van der Waals surface area contributed by atoms with Gasteiger partial charge in [-0.15, -0.1) is 0 Å². The first-order valence-electron chi connectivity index (χ1n) is 9.48. The van der Waals surface area contributed by atoms with Crippen LogP contribution in [0.1, 0.15) is 17.1 Å². The van der Waals surface area contributed by atoms with Gasteiger partial charge in [0.05, 0.1) is 14.9 Å². The normalized spacial score (nSPS) is 11.1. The summed E-state index contributed by atoms with van der Waals surface area (Å²) in [7, 11) is -3.99. The maximum Gasteiger partial charge on any atom is 0.468 e. The average Bonchev–Trinajstić information content (AvgIpc) is 3.03. The number of aromatic nitrogens is 4. The van der Waals surface area contributed by atoms with Crippen LogP contribution >= 0.6 is 0 Å². The number of nitrogens with zero attached hydrogens (tertiary/aromatic N) is 6. The van der Waals surface area contributed by atoms with Crippen molar-refractivity contribution in [3.8, 4) is 0 Å². The van der Waals surface area contributed by atoms with Crippen molar-refractivity contribution in [2.24, 2.45) is 0 Å². The van der Waals surface area contributed by atoms with E-state index >= 15 is 0 Å². The van der Waals surface area contributed by atoms with Crippen molar-refractivity contribution in [1.82, 2.24) is 19.7 Å². The van der Waals surface area contributed by atoms with Gasteiger partial charge in [-0.25, -0.2) is 23.1 Å². The van der Waals surface area contributed by atoms with Crippen molar-refractivity contribution < 1.29 is 23.1 Å². The second kappa shape index (κ2) is 9.18. The molecule has 2 N–H and O–H groups in total. The first-order valence-corrected chi connectivity index (χ1v) is 11.0. The van der Waals surface area contributed by atoms with Crippen molar-refractivity contribution in [1.29, 1.82) is 0 Å². The minimum Gasteiger partial charge on any atom is -0.358 e. The van der Waals surface area contributed by atoms with E-state index in [1.165, 1.54) is 31.2 Å². The fraction of sp³-hybridized carbons (Fsp3) is 0.222. The molecule has 0 aliphatic heterocycles. The summed E-state index contributed by atoms with van der Waals surface area (Å²) in [5.41, 5.74) is 0.443. The highest BCUT2D eigenvalue weighted by atomic mass is 32.2. The molecule has 0 unspecified atom stereocenters. The first-order chi connectivity index (χ1) is 15.9. The number of anilines is 2. The largest absolute Gasteiger partial charge is 0.468 e. The number of hydrogen-bond donors (Lipinski definition) is 2. The predicted molar refractivity (Wildman–Crippen MR) is 118 cm³/mol. The molecule has 16 heteroatoms. The molecule has 0 atom stereocenters. The van der Waals surface area contributed by atoms with E-state index in [0.717, 1.165) is 4.68 Å². The average molecular weight is 490 g/mol. The van der Waals surface area contributed by atoms with Gasteiger partial charge < -0.3 is 15.4 Å². The number of carbonyl (C=O) groups is 1. The highest BCUT2D eigenvalue weighted by molar-refractivity contribution is 7.92. The summed E-state index contributed by atoms with van der Waals surface area (Å²) in [6.07, 6.45) is 0. The SMILES string of the molecule is Cc1cc(C)nc(NS(=O)(=O)c2ccc(NC(=O)Cn3nc([N+](=O)[O-])c([N+](=O)[O-])c3C)cc2)n1. The molecule has 1 amide bonds. The van der Waals surface area contributed by atoms with Crippen LogP contribution < -0.4 is 10.0 Å². The Morgan fingerprint density at radius 1 is 1.03 bits per heavy atom. The number of carbonyl (C=O) groups excluding carboxylic acids is 1. The first kappa shape index (κ1) is 24.2. The second-order valence-electron chi connectivity index (χ2n) is 7.08. The number of sulfonamides is 1. The molecule has 0 radical (unpaired) electrons. The topological polar surface area (TPSA) is 205 Å². The predicted octanol–water partition coefficient (Wildman–Crippen LogP) is 1.85. The lowest BCUT2D eigenvalue weighted by molar-refractivity contribution is -0.424. The molecular formula is C18H18N8O7S. The molecule has 15 nitrogen and oxygen atoms in total. The van der Waals surface area contributed by atoms with Gasteiger partial charge in [-0.1, -0.05) is 0 Å². The fourth-order valence-electron chi connectivity index (χ4n) is 3.02. The molecule has 0 aliphatic rings. The minimum absolute atomic E-state index is 0.0762. The summed E-state index contributed by atoms with van der Waals surface area (Å²) >= 11 is 0. The van der Waals surface area contributed by atoms with E-state index < -0.39 is 43.8 Å². The minimum atomic E-state index is -3.99. The smallest absolute Gasteiger partial charge is 0.358 e. The molecule has 3 aromatic rings. The molecule has 178 valence electrons. The van der Waals surface area contributed by atoms with Gasteiger partial charge in [0.2, 0.25) is 11.9 Å². The third-order valence-corrected chi connectivity index (χ3v) is 5.81. The number of nitro groups is 2. The quantitative estimate of drug-likeness (QED) is 0.346. The summed E-state index contributed by atoms with van der Waals surface area (Å²) in [6, 6.07) is 6.84. The van der Waals surface area contributed by atoms with Crippen LogP contribution in [0.2, 0.25) is 0 Å². The van der Waals surface area contributed by atoms with Crippen molar-refractivity contribution in [2.75, 3.05) is 10.0 Å². The molecule has 0 fully saturated rings. The second-order valence-corrected chi connectivity index (χ2v) is 8.76. The van der Waals surface area contributed by atoms with Gasteiger partial charge in [-0.2, -0.15) is 4.68 Å². The van der Waals surface area contributed by atoms with Gasteiger partial charge >= 0.3 is 11.5 Å². The van der Waals surface area contributed by atoms with Gasteiger partial charge in [-0.05, 0) is 56.0 Å². The highest BCUT2D eigenvalue weighted by Gasteiger charge is 2.35. The molecule has 0 bridgehead atoms. The number of amides is 1. The van der Waals surface area contributed by atoms with Gasteiger partial charge in [0.1, 0.15) is 12.2 Å². The van der Waals surface area contributed by atoms with E-state index in [4.69, 9.17) is 0 Å². The summed E-state index contributed by atoms with van der Waals surface area (Å²) in [4.78, 5) is 40.4. The Balaban J connectivity index is 1.72. The van der Waals surface area contributed by atoms with Crippen molar-refractivity contribution in [3.05, 3.63) is 67.6 Å². The summed E-state index contributed by atoms with van der Waals surface area (Å²) in [5.74, 6) is -1.73. The Bertz CT molecular complexity index is 1380. The zero-order valence-corrected chi connectivity index (χ0v) is 18.9. The van der Waals surface area contributed by atoms with Gasteiger partial charge in [0, 0.05) is 17.1 Å². The molecule has 0 aliphatic carbocycles. The van der Waals surface area contributed by atoms with E-state index in [1.54, 1.807) is 19.9 Å². The molecule has 34 heavy (non-hydrogen) atoms. The van der Waals surface area contributed by atoms with Crippen molar-refractivity contribution in [2.45, 2.75) is 32.2 Å². The van der Waals surface area contributed by atoms with Crippen molar-refractivity contribution in [3.63, 3.8) is 0 Å². The molecule has 2 aromatic heterocycles. The molecule has 0 saturated heterocycles. The van der Waals surface area contributed by atoms with Crippen LogP contribution in [-0.2, 0) is 21.4 Å². The molecule has 1 aromatic carbocycles. The number of nitrogens with one attached hydrogen (secondary N) is 2. The Morgan fingerprint density at radius 2 is 1.62 bits per heavy atom. The zero-order chi connectivity index (χ0) is 25.2. The van der Waals surface area contributed by atoms with E-state index in [1.807, 2.05) is 0 Å². The lowest BCUT2D eigenvalue weighted by atomic mass is 10.3. The Morgan fingerprint density at radius 3 is 2.12 bits per heavy atom. The van der Waals surface area contributed by atoms with Crippen LogP contribution in [0.15, 0.2) is 35.2 Å². The molecule has 2 heterocycles. The van der Waals surface area contributed by atoms with Gasteiger partial charge in [0.25, 0.3) is 10.0 Å². The number of aryl methyl sites for hydroxylation is 2. The summed E-state index contributed by atoms with van der Waals surface area (Å²) < 4.78 is 28.3. The van der Waals surface area contributed by atoms with E-state index in [-0.39, 0.29) is 22.2 Å². The lowest BCUT2D eigenvalue weighted by Gasteiger charge is -2.09. The van der Waals surface area contributed by atoms with Crippen LogP contribution in [0, 0.1) is 41.0 Å². The standard InChI is InChI=1S/C18H18N8O7S/c1-10-8-11(2)20-18(19-10)23-34(32,33)14-6-4-13(5-7-14)21-15(27)9-24-12(3)16(25(28)29)17(22-24)26(30)31/h4-8H,9H2,1-3H3,(H,21,27)(H,19,20,23). The molecule has 0 spiro atoms. The van der Waals surface area contributed by atoms with Gasteiger partial charge in [-0.3, -0.25) is 14.9 Å². The number of hydrogen-bond acceptors (Lipinski definition) is 10. The highest BCUT2D eigenvalue weighted by Crippen LogP contribution is 2.29. The Kier molecular flexibility index (Phi) is 6.53. The third-order valence-electron chi connectivity index (χ3n) is 4.46. The Hall–Kier alpha value is -4.47. The third kappa shape index (κ3) is 5.29. The summed E-state index contributed by atoms with van der Waals surface area (Å²) in [5, 5.41) is 28.1. The van der Waals surface area contributed by atoms with Crippen LogP contribution in [-0.4, -0.2) is 43.9 Å². The zero-order valence-electron chi connectivity index (χ0n) is 18.0. The van der Waals surface area contributed by atoms with Crippen LogP contribution in [0.5, 0.6) is 0 Å². The van der Waals surface area contributed by atoms with E-state index in [0.29, 0.717) is 11.4 Å². The molecule has 3 rings (SSSR count). The summed E-state index contributed by atoms with van der Waals surface area (Å²) in [6.45, 7) is 4.10. The van der Waals surface area contributed by atoms with Gasteiger partial charge in [0.15, 0.2) is 0 Å². The molecule has 0 saturated carbocycles. The van der Waals surface area contributed by atoms with Crippen LogP contribution in [0.25, 0.3) is 0 Å². The van der Waals surface area contributed by atoms with Crippen molar-refractivity contribution >= 4 is 39.1 Å². The van der Waals surface area contributed by atoms with Crippen LogP contribution in [0.3, 0.4) is 0 Å². The fourth-order valence-corrected chi connectivity index (χ4v) is 3.96. The Labute approximate surface area is 192 Å². The van der Waals surface area contributed by atoms with E-state index in [9.17, 15) is 33.4 Å². The lowest BCUT2D eigenvalue weighted by Crippen LogP contribution is -2.20. The maximum absolute atomic E-state index is 12.6. The maximum atomic E-state index is 12.6. The monoisotopic (exact) mass is 490 g/mol.